The number of carbonyl (C=O) groups excluding carboxylic acids is 2. The Morgan fingerprint density at radius 1 is 1.43 bits per heavy atom. The number of carbonyl (C=O) groups is 2. The molecule has 1 aliphatic heterocycles. The van der Waals surface area contributed by atoms with Crippen LogP contribution in [0.2, 0.25) is 5.02 Å². The highest BCUT2D eigenvalue weighted by Gasteiger charge is 2.34. The van der Waals surface area contributed by atoms with E-state index in [1.54, 1.807) is 17.0 Å². The lowest BCUT2D eigenvalue weighted by molar-refractivity contribution is -0.126. The van der Waals surface area contributed by atoms with Gasteiger partial charge in [0.2, 0.25) is 11.8 Å². The van der Waals surface area contributed by atoms with Crippen LogP contribution in [0.1, 0.15) is 32.3 Å². The molecule has 1 heterocycles. The number of nitrogens with zero attached hydrogens (tertiary/aromatic N) is 1. The maximum Gasteiger partial charge on any atom is 0.249 e. The molecule has 1 aliphatic rings. The summed E-state index contributed by atoms with van der Waals surface area (Å²) in [5, 5.41) is 3.44. The van der Waals surface area contributed by atoms with Crippen LogP contribution >= 0.6 is 11.6 Å². The van der Waals surface area contributed by atoms with E-state index in [-0.39, 0.29) is 17.7 Å². The van der Waals surface area contributed by atoms with Gasteiger partial charge >= 0.3 is 0 Å². The number of halogens is 1. The zero-order valence-electron chi connectivity index (χ0n) is 12.6. The second-order valence-corrected chi connectivity index (χ2v) is 6.04. The highest BCUT2D eigenvalue weighted by Crippen LogP contribution is 2.27. The third kappa shape index (κ3) is 3.38. The van der Waals surface area contributed by atoms with Gasteiger partial charge in [-0.3, -0.25) is 9.59 Å². The molecule has 4 nitrogen and oxygen atoms in total. The second kappa shape index (κ2) is 6.48. The maximum absolute atomic E-state index is 12.8. The highest BCUT2D eigenvalue weighted by atomic mass is 35.5. The molecule has 1 saturated heterocycles. The standard InChI is InChI=1S/C16H21ClN2O2/c1-4-10(2)15-16(21)19(8-7-14(20)18-15)13-9-12(17)6-5-11(13)3/h5-6,9-10,15H,4,7-8H2,1-3H3,(H,18,20). The number of rotatable bonds is 3. The molecule has 1 aromatic carbocycles. The number of benzene rings is 1. The minimum atomic E-state index is -0.469. The lowest BCUT2D eigenvalue weighted by Gasteiger charge is -2.28. The number of hydrogen-bond donors (Lipinski definition) is 1. The molecule has 2 rings (SSSR count). The van der Waals surface area contributed by atoms with Crippen molar-refractivity contribution in [2.24, 2.45) is 5.92 Å². The number of amides is 2. The van der Waals surface area contributed by atoms with Gasteiger partial charge in [-0.1, -0.05) is 37.9 Å². The van der Waals surface area contributed by atoms with E-state index in [2.05, 4.69) is 5.32 Å². The van der Waals surface area contributed by atoms with Crippen molar-refractivity contribution < 1.29 is 9.59 Å². The quantitative estimate of drug-likeness (QED) is 0.933. The molecule has 0 saturated carbocycles. The zero-order chi connectivity index (χ0) is 15.6. The predicted molar refractivity (Wildman–Crippen MR) is 84.5 cm³/mol. The van der Waals surface area contributed by atoms with Crippen molar-refractivity contribution in [3.05, 3.63) is 28.8 Å². The molecule has 0 bridgehead atoms. The van der Waals surface area contributed by atoms with Gasteiger partial charge in [0.15, 0.2) is 0 Å². The molecular weight excluding hydrogens is 288 g/mol. The monoisotopic (exact) mass is 308 g/mol. The van der Waals surface area contributed by atoms with E-state index in [0.717, 1.165) is 17.7 Å². The van der Waals surface area contributed by atoms with Crippen molar-refractivity contribution >= 4 is 29.1 Å². The first kappa shape index (κ1) is 15.8. The van der Waals surface area contributed by atoms with Crippen LogP contribution in [0.3, 0.4) is 0 Å². The minimum Gasteiger partial charge on any atom is -0.344 e. The normalized spacial score (nSPS) is 21.0. The van der Waals surface area contributed by atoms with Gasteiger partial charge in [-0.25, -0.2) is 0 Å². The highest BCUT2D eigenvalue weighted by molar-refractivity contribution is 6.31. The summed E-state index contributed by atoms with van der Waals surface area (Å²) in [5.41, 5.74) is 1.77. The zero-order valence-corrected chi connectivity index (χ0v) is 13.4. The fourth-order valence-electron chi connectivity index (χ4n) is 2.53. The van der Waals surface area contributed by atoms with Crippen molar-refractivity contribution in [3.63, 3.8) is 0 Å². The Bertz CT molecular complexity index is 559. The van der Waals surface area contributed by atoms with Crippen molar-refractivity contribution in [1.82, 2.24) is 5.32 Å². The first-order valence-electron chi connectivity index (χ1n) is 7.31. The van der Waals surface area contributed by atoms with Crippen molar-refractivity contribution in [2.75, 3.05) is 11.4 Å². The molecule has 0 spiro atoms. The van der Waals surface area contributed by atoms with Crippen LogP contribution in [0.5, 0.6) is 0 Å². The van der Waals surface area contributed by atoms with Crippen LogP contribution in [-0.2, 0) is 9.59 Å². The second-order valence-electron chi connectivity index (χ2n) is 5.60. The molecule has 2 unspecified atom stereocenters. The summed E-state index contributed by atoms with van der Waals surface area (Å²) in [5.74, 6) is -0.0297. The van der Waals surface area contributed by atoms with Gasteiger partial charge < -0.3 is 10.2 Å². The minimum absolute atomic E-state index is 0.0550. The van der Waals surface area contributed by atoms with Crippen LogP contribution in [0, 0.1) is 12.8 Å². The maximum atomic E-state index is 12.8. The molecule has 2 atom stereocenters. The van der Waals surface area contributed by atoms with Crippen LogP contribution in [0.25, 0.3) is 0 Å². The summed E-state index contributed by atoms with van der Waals surface area (Å²) in [4.78, 5) is 26.4. The molecule has 2 amide bonds. The molecule has 114 valence electrons. The van der Waals surface area contributed by atoms with Gasteiger partial charge in [0.05, 0.1) is 0 Å². The summed E-state index contributed by atoms with van der Waals surface area (Å²) >= 11 is 6.06. The summed E-state index contributed by atoms with van der Waals surface area (Å²) < 4.78 is 0. The Hall–Kier alpha value is -1.55. The Labute approximate surface area is 130 Å². The lowest BCUT2D eigenvalue weighted by atomic mass is 9.97. The van der Waals surface area contributed by atoms with E-state index < -0.39 is 6.04 Å². The van der Waals surface area contributed by atoms with Gasteiger partial charge in [0.25, 0.3) is 0 Å². The smallest absolute Gasteiger partial charge is 0.249 e. The van der Waals surface area contributed by atoms with Crippen LogP contribution in [0.15, 0.2) is 18.2 Å². The Kier molecular flexibility index (Phi) is 4.88. The number of aryl methyl sites for hydroxylation is 1. The Morgan fingerprint density at radius 2 is 2.14 bits per heavy atom. The van der Waals surface area contributed by atoms with E-state index in [1.165, 1.54) is 0 Å². The van der Waals surface area contributed by atoms with E-state index in [9.17, 15) is 9.59 Å². The molecule has 1 N–H and O–H groups in total. The average molecular weight is 309 g/mol. The summed E-state index contributed by atoms with van der Waals surface area (Å²) in [6.07, 6.45) is 1.14. The molecule has 0 aromatic heterocycles. The van der Waals surface area contributed by atoms with Gasteiger partial charge in [0, 0.05) is 23.7 Å². The van der Waals surface area contributed by atoms with Gasteiger partial charge in [-0.2, -0.15) is 0 Å². The van der Waals surface area contributed by atoms with Crippen molar-refractivity contribution in [2.45, 2.75) is 39.7 Å². The largest absolute Gasteiger partial charge is 0.344 e. The molecule has 5 heteroatoms. The molecule has 1 aromatic rings. The fourth-order valence-corrected chi connectivity index (χ4v) is 2.70. The SMILES string of the molecule is CCC(C)C1NC(=O)CCN(c2cc(Cl)ccc2C)C1=O. The molecule has 21 heavy (non-hydrogen) atoms. The lowest BCUT2D eigenvalue weighted by Crippen LogP contribution is -2.48. The van der Waals surface area contributed by atoms with E-state index in [4.69, 9.17) is 11.6 Å². The number of hydrogen-bond acceptors (Lipinski definition) is 2. The van der Waals surface area contributed by atoms with E-state index in [0.29, 0.717) is 18.0 Å². The summed E-state index contributed by atoms with van der Waals surface area (Å²) in [6.45, 7) is 6.33. The topological polar surface area (TPSA) is 49.4 Å². The summed E-state index contributed by atoms with van der Waals surface area (Å²) in [7, 11) is 0. The van der Waals surface area contributed by atoms with Crippen LogP contribution in [0.4, 0.5) is 5.69 Å². The third-order valence-corrected chi connectivity index (χ3v) is 4.32. The Balaban J connectivity index is 2.39. The molecule has 1 fully saturated rings. The van der Waals surface area contributed by atoms with E-state index in [1.807, 2.05) is 26.8 Å². The first-order valence-corrected chi connectivity index (χ1v) is 7.68. The predicted octanol–water partition coefficient (Wildman–Crippen LogP) is 2.92. The van der Waals surface area contributed by atoms with Gasteiger partial charge in [-0.05, 0) is 30.5 Å². The fraction of sp³-hybridized carbons (Fsp3) is 0.500. The molecule has 0 radical (unpaired) electrons. The van der Waals surface area contributed by atoms with Crippen LogP contribution < -0.4 is 10.2 Å². The molecule has 0 aliphatic carbocycles. The van der Waals surface area contributed by atoms with E-state index >= 15 is 0 Å². The first-order chi connectivity index (χ1) is 9.93. The van der Waals surface area contributed by atoms with Crippen molar-refractivity contribution in [3.8, 4) is 0 Å². The average Bonchev–Trinajstić information content (AvgIpc) is 2.60. The number of anilines is 1. The van der Waals surface area contributed by atoms with Gasteiger partial charge in [-0.15, -0.1) is 0 Å². The Morgan fingerprint density at radius 3 is 2.81 bits per heavy atom. The molecular formula is C16H21ClN2O2. The van der Waals surface area contributed by atoms with Crippen LogP contribution in [-0.4, -0.2) is 24.4 Å². The number of nitrogens with one attached hydrogen (secondary N) is 1. The van der Waals surface area contributed by atoms with Gasteiger partial charge in [0.1, 0.15) is 6.04 Å². The third-order valence-electron chi connectivity index (χ3n) is 4.09. The summed E-state index contributed by atoms with van der Waals surface area (Å²) in [6, 6.07) is 5.02. The van der Waals surface area contributed by atoms with Crippen molar-refractivity contribution in [1.29, 1.82) is 0 Å².